The van der Waals surface area contributed by atoms with E-state index < -0.39 is 0 Å². The minimum absolute atomic E-state index is 0.0605. The van der Waals surface area contributed by atoms with E-state index in [0.29, 0.717) is 5.92 Å². The van der Waals surface area contributed by atoms with Gasteiger partial charge >= 0.3 is 5.97 Å². The van der Waals surface area contributed by atoms with Crippen LogP contribution in [0.15, 0.2) is 34.9 Å². The summed E-state index contributed by atoms with van der Waals surface area (Å²) in [7, 11) is 1.50. The van der Waals surface area contributed by atoms with Crippen molar-refractivity contribution in [1.82, 2.24) is 0 Å². The van der Waals surface area contributed by atoms with Gasteiger partial charge in [0, 0.05) is 5.92 Å². The molecule has 0 radical (unpaired) electrons. The Bertz CT molecular complexity index is 454. The first-order valence-corrected chi connectivity index (χ1v) is 6.95. The van der Waals surface area contributed by atoms with Crippen LogP contribution in [0.5, 0.6) is 0 Å². The fourth-order valence-corrected chi connectivity index (χ4v) is 3.55. The number of ether oxygens (including phenoxy) is 1. The Morgan fingerprint density at radius 1 is 1.33 bits per heavy atom. The first-order valence-electron chi connectivity index (χ1n) is 6.95. The van der Waals surface area contributed by atoms with E-state index in [1.165, 1.54) is 31.1 Å². The van der Waals surface area contributed by atoms with Crippen LogP contribution in [0.3, 0.4) is 0 Å². The van der Waals surface area contributed by atoms with Gasteiger partial charge in [0.05, 0.1) is 13.0 Å². The summed E-state index contributed by atoms with van der Waals surface area (Å²) < 4.78 is 5.00. The molecule has 3 rings (SSSR count). The van der Waals surface area contributed by atoms with Gasteiger partial charge in [0.1, 0.15) is 0 Å². The lowest BCUT2D eigenvalue weighted by molar-refractivity contribution is -0.145. The third kappa shape index (κ3) is 2.05. The van der Waals surface area contributed by atoms with Gasteiger partial charge in [0.15, 0.2) is 0 Å². The Morgan fingerprint density at radius 3 is 3.00 bits per heavy atom. The molecular weight excluding hydrogens is 224 g/mol. The summed E-state index contributed by atoms with van der Waals surface area (Å²) in [4.78, 5) is 12.0. The van der Waals surface area contributed by atoms with Gasteiger partial charge < -0.3 is 4.74 Å². The van der Waals surface area contributed by atoms with Crippen LogP contribution in [0, 0.1) is 11.8 Å². The highest BCUT2D eigenvalue weighted by atomic mass is 16.5. The molecule has 0 N–H and O–H groups in total. The number of carbonyl (C=O) groups excluding carboxylic acids is 1. The van der Waals surface area contributed by atoms with Crippen LogP contribution in [0.4, 0.5) is 0 Å². The molecule has 0 unspecified atom stereocenters. The van der Waals surface area contributed by atoms with Crippen LogP contribution >= 0.6 is 0 Å². The van der Waals surface area contributed by atoms with Gasteiger partial charge in [-0.1, -0.05) is 29.4 Å². The zero-order chi connectivity index (χ0) is 12.5. The van der Waals surface area contributed by atoms with Crippen LogP contribution in [0.2, 0.25) is 0 Å². The number of allylic oxidation sites excluding steroid dienone is 5. The largest absolute Gasteiger partial charge is 0.469 e. The molecule has 0 spiro atoms. The van der Waals surface area contributed by atoms with Gasteiger partial charge in [-0.05, 0) is 44.1 Å². The number of fused-ring (bicyclic) bond motifs is 3. The summed E-state index contributed by atoms with van der Waals surface area (Å²) in [6.07, 6.45) is 13.7. The predicted molar refractivity (Wildman–Crippen MR) is 70.9 cm³/mol. The normalized spacial score (nSPS) is 36.2. The third-order valence-electron chi connectivity index (χ3n) is 4.43. The van der Waals surface area contributed by atoms with Crippen LogP contribution in [0.25, 0.3) is 0 Å². The van der Waals surface area contributed by atoms with E-state index >= 15 is 0 Å². The number of methoxy groups -OCH3 is 1. The maximum absolute atomic E-state index is 12.0. The molecule has 0 aromatic heterocycles. The Kier molecular flexibility index (Phi) is 3.11. The average molecular weight is 244 g/mol. The van der Waals surface area contributed by atoms with Gasteiger partial charge in [-0.25, -0.2) is 0 Å². The molecule has 3 aliphatic carbocycles. The molecule has 0 aromatic carbocycles. The minimum Gasteiger partial charge on any atom is -0.469 e. The third-order valence-corrected chi connectivity index (χ3v) is 4.43. The average Bonchev–Trinajstić information content (AvgIpc) is 2.82. The van der Waals surface area contributed by atoms with Crippen molar-refractivity contribution in [1.29, 1.82) is 0 Å². The molecule has 2 bridgehead atoms. The van der Waals surface area contributed by atoms with Crippen molar-refractivity contribution in [2.45, 2.75) is 38.5 Å². The van der Waals surface area contributed by atoms with E-state index in [4.69, 9.17) is 4.74 Å². The summed E-state index contributed by atoms with van der Waals surface area (Å²) in [6, 6.07) is 0. The van der Waals surface area contributed by atoms with Gasteiger partial charge in [0.25, 0.3) is 0 Å². The molecule has 2 atom stereocenters. The lowest BCUT2D eigenvalue weighted by atomic mass is 9.78. The van der Waals surface area contributed by atoms with E-state index in [9.17, 15) is 4.79 Å². The maximum Gasteiger partial charge on any atom is 0.313 e. The van der Waals surface area contributed by atoms with Crippen molar-refractivity contribution in [3.63, 3.8) is 0 Å². The first kappa shape index (κ1) is 11.8. The smallest absolute Gasteiger partial charge is 0.313 e. The molecule has 2 heteroatoms. The van der Waals surface area contributed by atoms with Crippen molar-refractivity contribution in [2.24, 2.45) is 11.8 Å². The van der Waals surface area contributed by atoms with E-state index in [0.717, 1.165) is 25.7 Å². The summed E-state index contributed by atoms with van der Waals surface area (Å²) in [5, 5.41) is 0. The van der Waals surface area contributed by atoms with Gasteiger partial charge in [0.2, 0.25) is 0 Å². The predicted octanol–water partition coefficient (Wildman–Crippen LogP) is 3.55. The molecule has 0 heterocycles. The van der Waals surface area contributed by atoms with Crippen molar-refractivity contribution >= 4 is 5.97 Å². The second-order valence-corrected chi connectivity index (χ2v) is 5.59. The first-order chi connectivity index (χ1) is 8.78. The quantitative estimate of drug-likeness (QED) is 0.521. The van der Waals surface area contributed by atoms with Gasteiger partial charge in [-0.2, -0.15) is 0 Å². The molecule has 3 aliphatic rings. The molecular formula is C16H20O2. The summed E-state index contributed by atoms with van der Waals surface area (Å²) >= 11 is 0. The standard InChI is InChI=1S/C16H20O2/c1-18-16(17)15-10-12-5-2-4-11(8-12)9-13-6-3-7-14(13)15/h6,9-10,14-15H,2-5,7-8H2,1H3/b11-9-,12-10+/t14-,15-/m0/s1. The Hall–Kier alpha value is -1.31. The molecule has 18 heavy (non-hydrogen) atoms. The molecule has 2 nitrogen and oxygen atoms in total. The van der Waals surface area contributed by atoms with Crippen molar-refractivity contribution in [3.8, 4) is 0 Å². The fraction of sp³-hybridized carbons (Fsp3) is 0.562. The molecule has 96 valence electrons. The van der Waals surface area contributed by atoms with Crippen LogP contribution < -0.4 is 0 Å². The Morgan fingerprint density at radius 2 is 2.17 bits per heavy atom. The van der Waals surface area contributed by atoms with Crippen LogP contribution in [-0.4, -0.2) is 13.1 Å². The number of carbonyl (C=O) groups is 1. The van der Waals surface area contributed by atoms with Crippen LogP contribution in [-0.2, 0) is 9.53 Å². The zero-order valence-corrected chi connectivity index (χ0v) is 10.9. The zero-order valence-electron chi connectivity index (χ0n) is 10.9. The number of rotatable bonds is 1. The summed E-state index contributed by atoms with van der Waals surface area (Å²) in [6.45, 7) is 0. The SMILES string of the molecule is COC(=O)[C@H]1/C=C2\CCC/C(=C/C3=CCC[C@@H]31)C2. The van der Waals surface area contributed by atoms with E-state index in [1.807, 2.05) is 0 Å². The second kappa shape index (κ2) is 4.75. The van der Waals surface area contributed by atoms with Crippen molar-refractivity contribution in [2.75, 3.05) is 7.11 Å². The molecule has 0 aromatic rings. The topological polar surface area (TPSA) is 26.3 Å². The number of esters is 1. The monoisotopic (exact) mass is 244 g/mol. The number of hydrogen-bond donors (Lipinski definition) is 0. The lowest BCUT2D eigenvalue weighted by Gasteiger charge is -2.27. The number of hydrogen-bond acceptors (Lipinski definition) is 2. The van der Waals surface area contributed by atoms with Crippen LogP contribution in [0.1, 0.15) is 38.5 Å². The van der Waals surface area contributed by atoms with E-state index in [2.05, 4.69) is 18.2 Å². The maximum atomic E-state index is 12.0. The lowest BCUT2D eigenvalue weighted by Crippen LogP contribution is -2.25. The van der Waals surface area contributed by atoms with Crippen molar-refractivity contribution < 1.29 is 9.53 Å². The second-order valence-electron chi connectivity index (χ2n) is 5.59. The highest BCUT2D eigenvalue weighted by Gasteiger charge is 2.33. The fourth-order valence-electron chi connectivity index (χ4n) is 3.55. The van der Waals surface area contributed by atoms with Gasteiger partial charge in [-0.3, -0.25) is 4.79 Å². The van der Waals surface area contributed by atoms with Crippen molar-refractivity contribution in [3.05, 3.63) is 34.9 Å². The molecule has 0 amide bonds. The minimum atomic E-state index is -0.0669. The molecule has 1 fully saturated rings. The summed E-state index contributed by atoms with van der Waals surface area (Å²) in [5.74, 6) is 0.221. The molecule has 0 saturated heterocycles. The van der Waals surface area contributed by atoms with E-state index in [1.54, 1.807) is 5.57 Å². The highest BCUT2D eigenvalue weighted by molar-refractivity contribution is 5.76. The van der Waals surface area contributed by atoms with Gasteiger partial charge in [-0.15, -0.1) is 0 Å². The Balaban J connectivity index is 1.99. The summed E-state index contributed by atoms with van der Waals surface area (Å²) in [5.41, 5.74) is 4.36. The highest BCUT2D eigenvalue weighted by Crippen LogP contribution is 2.41. The Labute approximate surface area is 108 Å². The van der Waals surface area contributed by atoms with E-state index in [-0.39, 0.29) is 11.9 Å². The molecule has 1 saturated carbocycles. The molecule has 0 aliphatic heterocycles.